The molecular formula is C19H23IN4O2. The molecule has 0 unspecified atom stereocenters. The van der Waals surface area contributed by atoms with Crippen LogP contribution in [-0.4, -0.2) is 39.5 Å². The SMILES string of the molecule is CN=C1NN=C(c2ccc(OC)cc2)CCN1c1ccc(OC)cc1.I. The third-order valence-electron chi connectivity index (χ3n) is 4.14. The lowest BCUT2D eigenvalue weighted by molar-refractivity contribution is 0.414. The molecule has 0 saturated carbocycles. The van der Waals surface area contributed by atoms with Gasteiger partial charge in [-0.25, -0.2) is 5.43 Å². The Balaban J connectivity index is 0.00000243. The van der Waals surface area contributed by atoms with E-state index in [-0.39, 0.29) is 24.0 Å². The van der Waals surface area contributed by atoms with E-state index in [0.717, 1.165) is 41.4 Å². The third-order valence-corrected chi connectivity index (χ3v) is 4.14. The number of nitrogens with zero attached hydrogens (tertiary/aromatic N) is 3. The molecule has 1 aliphatic heterocycles. The number of nitrogens with one attached hydrogen (secondary N) is 1. The summed E-state index contributed by atoms with van der Waals surface area (Å²) in [5, 5.41) is 4.54. The second-order valence-electron chi connectivity index (χ2n) is 5.55. The molecule has 0 saturated heterocycles. The summed E-state index contributed by atoms with van der Waals surface area (Å²) in [5.74, 6) is 2.38. The van der Waals surface area contributed by atoms with Crippen LogP contribution < -0.4 is 19.8 Å². The Morgan fingerprint density at radius 1 is 0.962 bits per heavy atom. The van der Waals surface area contributed by atoms with Crippen molar-refractivity contribution < 1.29 is 9.47 Å². The summed E-state index contributed by atoms with van der Waals surface area (Å²) in [5.41, 5.74) is 6.18. The van der Waals surface area contributed by atoms with Crippen molar-refractivity contribution in [2.75, 3.05) is 32.7 Å². The van der Waals surface area contributed by atoms with Crippen LogP contribution in [0.2, 0.25) is 0 Å². The molecular weight excluding hydrogens is 443 g/mol. The molecule has 1 aliphatic rings. The molecule has 0 aromatic heterocycles. The van der Waals surface area contributed by atoms with Gasteiger partial charge in [0.05, 0.1) is 19.9 Å². The average Bonchev–Trinajstić information content (AvgIpc) is 2.90. The van der Waals surface area contributed by atoms with Crippen molar-refractivity contribution in [3.8, 4) is 11.5 Å². The molecule has 2 aromatic carbocycles. The standard InChI is InChI=1S/C19H22N4O2.HI/c1-20-19-22-21-18(14-4-8-16(24-2)9-5-14)12-13-23(19)15-6-10-17(25-3)11-7-15;/h4-11H,12-13H2,1-3H3,(H,20,22);1H. The fraction of sp³-hybridized carbons (Fsp3) is 0.263. The van der Waals surface area contributed by atoms with Crippen molar-refractivity contribution in [3.05, 3.63) is 54.1 Å². The van der Waals surface area contributed by atoms with Gasteiger partial charge >= 0.3 is 0 Å². The van der Waals surface area contributed by atoms with Gasteiger partial charge in [0.25, 0.3) is 0 Å². The van der Waals surface area contributed by atoms with Crippen LogP contribution in [0.15, 0.2) is 58.6 Å². The first-order valence-corrected chi connectivity index (χ1v) is 8.10. The quantitative estimate of drug-likeness (QED) is 0.701. The molecule has 0 fully saturated rings. The van der Waals surface area contributed by atoms with Crippen molar-refractivity contribution in [2.45, 2.75) is 6.42 Å². The Morgan fingerprint density at radius 2 is 1.54 bits per heavy atom. The Morgan fingerprint density at radius 3 is 2.08 bits per heavy atom. The summed E-state index contributed by atoms with van der Waals surface area (Å²) in [6, 6.07) is 15.8. The molecule has 0 aliphatic carbocycles. The summed E-state index contributed by atoms with van der Waals surface area (Å²) >= 11 is 0. The molecule has 0 amide bonds. The third kappa shape index (κ3) is 4.46. The Labute approximate surface area is 170 Å². The lowest BCUT2D eigenvalue weighted by Crippen LogP contribution is -2.38. The number of hydrogen-bond acceptors (Lipinski definition) is 4. The van der Waals surface area contributed by atoms with Gasteiger partial charge in [-0.05, 0) is 54.1 Å². The van der Waals surface area contributed by atoms with E-state index in [0.29, 0.717) is 5.96 Å². The zero-order valence-corrected chi connectivity index (χ0v) is 17.4. The molecule has 6 nitrogen and oxygen atoms in total. The maximum absolute atomic E-state index is 5.23. The number of hydrazone groups is 1. The number of benzene rings is 2. The molecule has 1 heterocycles. The fourth-order valence-electron chi connectivity index (χ4n) is 2.73. The van der Waals surface area contributed by atoms with Gasteiger partial charge < -0.3 is 14.4 Å². The van der Waals surface area contributed by atoms with Crippen LogP contribution in [0.25, 0.3) is 0 Å². The summed E-state index contributed by atoms with van der Waals surface area (Å²) in [4.78, 5) is 6.45. The Kier molecular flexibility index (Phi) is 7.26. The van der Waals surface area contributed by atoms with Crippen molar-refractivity contribution in [3.63, 3.8) is 0 Å². The second-order valence-corrected chi connectivity index (χ2v) is 5.55. The van der Waals surface area contributed by atoms with Gasteiger partial charge in [0.15, 0.2) is 0 Å². The number of rotatable bonds is 4. The van der Waals surface area contributed by atoms with Gasteiger partial charge in [0, 0.05) is 25.7 Å². The minimum atomic E-state index is 0. The number of halogens is 1. The van der Waals surface area contributed by atoms with Crippen LogP contribution in [0.3, 0.4) is 0 Å². The molecule has 0 bridgehead atoms. The molecule has 138 valence electrons. The Hall–Kier alpha value is -2.29. The monoisotopic (exact) mass is 466 g/mol. The molecule has 7 heteroatoms. The van der Waals surface area contributed by atoms with Crippen LogP contribution in [0.4, 0.5) is 5.69 Å². The molecule has 2 aromatic rings. The van der Waals surface area contributed by atoms with E-state index in [1.807, 2.05) is 48.5 Å². The number of anilines is 1. The summed E-state index contributed by atoms with van der Waals surface area (Å²) in [6.07, 6.45) is 0.796. The van der Waals surface area contributed by atoms with Gasteiger partial charge in [-0.15, -0.1) is 24.0 Å². The zero-order chi connectivity index (χ0) is 17.6. The molecule has 0 spiro atoms. The topological polar surface area (TPSA) is 58.5 Å². The average molecular weight is 466 g/mol. The smallest absolute Gasteiger partial charge is 0.219 e. The second kappa shape index (κ2) is 9.42. The largest absolute Gasteiger partial charge is 0.497 e. The Bertz CT molecular complexity index is 773. The van der Waals surface area contributed by atoms with Crippen LogP contribution in [0.5, 0.6) is 11.5 Å². The van der Waals surface area contributed by atoms with Crippen molar-refractivity contribution >= 4 is 41.3 Å². The van der Waals surface area contributed by atoms with Crippen LogP contribution in [-0.2, 0) is 0 Å². The number of aliphatic imine (C=N–C) groups is 1. The van der Waals surface area contributed by atoms with Crippen molar-refractivity contribution in [1.29, 1.82) is 0 Å². The highest BCUT2D eigenvalue weighted by Gasteiger charge is 2.18. The molecule has 1 N–H and O–H groups in total. The molecule has 0 atom stereocenters. The first-order valence-electron chi connectivity index (χ1n) is 8.10. The van der Waals surface area contributed by atoms with Gasteiger partial charge in [-0.2, -0.15) is 5.10 Å². The fourth-order valence-corrected chi connectivity index (χ4v) is 2.73. The number of ether oxygens (including phenoxy) is 2. The maximum Gasteiger partial charge on any atom is 0.219 e. The highest BCUT2D eigenvalue weighted by Crippen LogP contribution is 2.21. The van der Waals surface area contributed by atoms with Gasteiger partial charge in [0.2, 0.25) is 5.96 Å². The van der Waals surface area contributed by atoms with E-state index < -0.39 is 0 Å². The highest BCUT2D eigenvalue weighted by atomic mass is 127. The summed E-state index contributed by atoms with van der Waals surface area (Å²) in [6.45, 7) is 0.775. The van der Waals surface area contributed by atoms with Crippen LogP contribution in [0, 0.1) is 0 Å². The number of guanidine groups is 1. The molecule has 3 rings (SSSR count). The molecule has 0 radical (unpaired) electrons. The predicted molar refractivity (Wildman–Crippen MR) is 116 cm³/mol. The van der Waals surface area contributed by atoms with Crippen molar-refractivity contribution in [1.82, 2.24) is 5.43 Å². The highest BCUT2D eigenvalue weighted by molar-refractivity contribution is 14.0. The van der Waals surface area contributed by atoms with Crippen LogP contribution >= 0.6 is 24.0 Å². The van der Waals surface area contributed by atoms with Gasteiger partial charge in [-0.3, -0.25) is 4.99 Å². The van der Waals surface area contributed by atoms with E-state index in [9.17, 15) is 0 Å². The number of methoxy groups -OCH3 is 2. The van der Waals surface area contributed by atoms with Gasteiger partial charge in [-0.1, -0.05) is 0 Å². The van der Waals surface area contributed by atoms with Crippen molar-refractivity contribution in [2.24, 2.45) is 10.1 Å². The lowest BCUT2D eigenvalue weighted by atomic mass is 10.1. The minimum Gasteiger partial charge on any atom is -0.497 e. The van der Waals surface area contributed by atoms with E-state index >= 15 is 0 Å². The summed E-state index contributed by atoms with van der Waals surface area (Å²) < 4.78 is 10.4. The normalized spacial score (nSPS) is 15.4. The predicted octanol–water partition coefficient (Wildman–Crippen LogP) is 3.51. The minimum absolute atomic E-state index is 0. The van der Waals surface area contributed by atoms with E-state index in [1.54, 1.807) is 21.3 Å². The maximum atomic E-state index is 5.23. The first kappa shape index (κ1) is 20.0. The molecule has 26 heavy (non-hydrogen) atoms. The van der Waals surface area contributed by atoms with E-state index in [4.69, 9.17) is 9.47 Å². The lowest BCUT2D eigenvalue weighted by Gasteiger charge is -2.23. The van der Waals surface area contributed by atoms with E-state index in [2.05, 4.69) is 20.4 Å². The zero-order valence-electron chi connectivity index (χ0n) is 15.1. The number of hydrogen-bond donors (Lipinski definition) is 1. The summed E-state index contributed by atoms with van der Waals surface area (Å²) in [7, 11) is 5.08. The first-order chi connectivity index (χ1) is 12.2. The van der Waals surface area contributed by atoms with Gasteiger partial charge in [0.1, 0.15) is 11.5 Å². The van der Waals surface area contributed by atoms with E-state index in [1.165, 1.54) is 0 Å². The van der Waals surface area contributed by atoms with Crippen LogP contribution in [0.1, 0.15) is 12.0 Å².